The van der Waals surface area contributed by atoms with E-state index in [9.17, 15) is 24.3 Å². The Morgan fingerprint density at radius 2 is 1.62 bits per heavy atom. The molecule has 3 saturated carbocycles. The first-order valence-corrected chi connectivity index (χ1v) is 19.2. The number of ketones is 1. The van der Waals surface area contributed by atoms with Crippen molar-refractivity contribution < 1.29 is 24.3 Å². The van der Waals surface area contributed by atoms with Gasteiger partial charge < -0.3 is 25.1 Å². The van der Waals surface area contributed by atoms with Crippen LogP contribution in [0.3, 0.4) is 0 Å². The number of nitrogens with zero attached hydrogens (tertiary/aromatic N) is 3. The van der Waals surface area contributed by atoms with Crippen LogP contribution < -0.4 is 10.2 Å². The molecule has 5 fully saturated rings. The summed E-state index contributed by atoms with van der Waals surface area (Å²) in [4.78, 5) is 62.5. The molecule has 0 bridgehead atoms. The van der Waals surface area contributed by atoms with E-state index < -0.39 is 35.4 Å². The Labute approximate surface area is 306 Å². The van der Waals surface area contributed by atoms with Crippen molar-refractivity contribution in [1.82, 2.24) is 15.1 Å². The summed E-state index contributed by atoms with van der Waals surface area (Å²) in [5.41, 5.74) is 2.72. The Kier molecular flexibility index (Phi) is 8.32. The maximum Gasteiger partial charge on any atom is 0.245 e. The minimum Gasteiger partial charge on any atom is -0.391 e. The van der Waals surface area contributed by atoms with E-state index in [0.717, 1.165) is 29.2 Å². The van der Waals surface area contributed by atoms with Gasteiger partial charge in [-0.1, -0.05) is 95.3 Å². The van der Waals surface area contributed by atoms with Crippen molar-refractivity contribution in [3.05, 3.63) is 77.9 Å². The molecule has 9 nitrogen and oxygen atoms in total. The molecule has 274 valence electrons. The highest BCUT2D eigenvalue weighted by atomic mass is 16.3. The van der Waals surface area contributed by atoms with Crippen LogP contribution in [-0.2, 0) is 25.6 Å². The van der Waals surface area contributed by atoms with E-state index in [4.69, 9.17) is 0 Å². The number of β-amino-alcohol motifs (C(OH)–C–C–N with tert-alkyl or cyclic N) is 1. The van der Waals surface area contributed by atoms with E-state index in [-0.39, 0.29) is 53.7 Å². The molecule has 3 unspecified atom stereocenters. The minimum absolute atomic E-state index is 0.00121. The Morgan fingerprint density at radius 1 is 0.923 bits per heavy atom. The lowest BCUT2D eigenvalue weighted by atomic mass is 9.28. The third kappa shape index (κ3) is 5.12. The number of carbonyl (C=O) groups is 4. The van der Waals surface area contributed by atoms with Gasteiger partial charge in [-0.05, 0) is 63.5 Å². The fourth-order valence-corrected chi connectivity index (χ4v) is 11.2. The third-order valence-corrected chi connectivity index (χ3v) is 14.3. The van der Waals surface area contributed by atoms with E-state index in [1.807, 2.05) is 48.2 Å². The number of benzene rings is 3. The number of nitrogens with one attached hydrogen (secondary N) is 1. The van der Waals surface area contributed by atoms with Gasteiger partial charge in [0.15, 0.2) is 5.78 Å². The number of aliphatic hydroxyl groups is 1. The number of likely N-dealkylation sites (tertiary alicyclic amines) is 1. The number of piperazine rings is 1. The summed E-state index contributed by atoms with van der Waals surface area (Å²) >= 11 is 0. The van der Waals surface area contributed by atoms with Crippen LogP contribution in [0, 0.1) is 28.1 Å². The van der Waals surface area contributed by atoms with E-state index >= 15 is 0 Å². The topological polar surface area (TPSA) is 110 Å². The summed E-state index contributed by atoms with van der Waals surface area (Å²) in [6.45, 7) is 13.2. The van der Waals surface area contributed by atoms with Gasteiger partial charge in [-0.15, -0.1) is 0 Å². The monoisotopic (exact) mass is 704 g/mol. The standard InChI is InChI=1S/C43H52N4O5/c1-26(2)31-12-8-9-13-34(31)45-16-18-46(19-17-45)39(51)33(21-27-14-15-28-10-6-7-11-29(28)20-27)44-38(50)35-22-30(48)24-47(35)40(52)36-32-23-41(3)25-42(4,37(36)49)43(32,41)5/h6-15,20,26,30,32-33,35-36,48H,16-19,21-25H2,1-5H3,(H,44,50)/t30-,32-,33+,35+,36?,41?,42-,43?/m1/s1. The molecule has 2 N–H and O–H groups in total. The number of aliphatic hydroxyl groups excluding tert-OH is 1. The summed E-state index contributed by atoms with van der Waals surface area (Å²) < 4.78 is 0. The molecule has 8 rings (SSSR count). The van der Waals surface area contributed by atoms with Gasteiger partial charge in [-0.2, -0.15) is 0 Å². The zero-order valence-corrected chi connectivity index (χ0v) is 31.1. The molecule has 52 heavy (non-hydrogen) atoms. The van der Waals surface area contributed by atoms with Gasteiger partial charge in [0.25, 0.3) is 0 Å². The number of hydrogen-bond acceptors (Lipinski definition) is 6. The number of amides is 3. The molecule has 2 aliphatic heterocycles. The molecular weight excluding hydrogens is 652 g/mol. The number of para-hydroxylation sites is 1. The highest BCUT2D eigenvalue weighted by Crippen LogP contribution is 2.86. The van der Waals surface area contributed by atoms with Gasteiger partial charge >= 0.3 is 0 Å². The van der Waals surface area contributed by atoms with Gasteiger partial charge in [-0.25, -0.2) is 0 Å². The summed E-state index contributed by atoms with van der Waals surface area (Å²) in [6.07, 6.45) is 1.09. The van der Waals surface area contributed by atoms with Crippen LogP contribution in [-0.4, -0.2) is 89.3 Å². The van der Waals surface area contributed by atoms with Crippen LogP contribution in [0.25, 0.3) is 10.8 Å². The molecule has 9 heteroatoms. The molecular formula is C43H52N4O5. The van der Waals surface area contributed by atoms with E-state index in [1.165, 1.54) is 16.2 Å². The molecule has 0 aromatic heterocycles. The van der Waals surface area contributed by atoms with Gasteiger partial charge in [0, 0.05) is 56.7 Å². The summed E-state index contributed by atoms with van der Waals surface area (Å²) in [5, 5.41) is 16.0. The number of rotatable bonds is 8. The molecule has 0 radical (unpaired) electrons. The number of hydrogen-bond donors (Lipinski definition) is 2. The summed E-state index contributed by atoms with van der Waals surface area (Å²) in [6, 6.07) is 20.7. The molecule has 5 aliphatic rings. The molecule has 3 aliphatic carbocycles. The van der Waals surface area contributed by atoms with E-state index in [1.54, 1.807) is 0 Å². The molecule has 0 spiro atoms. The number of anilines is 1. The third-order valence-electron chi connectivity index (χ3n) is 14.3. The highest BCUT2D eigenvalue weighted by Gasteiger charge is 2.85. The molecule has 3 aromatic rings. The largest absolute Gasteiger partial charge is 0.391 e. The van der Waals surface area contributed by atoms with Gasteiger partial charge in [-0.3, -0.25) is 19.2 Å². The Morgan fingerprint density at radius 3 is 2.31 bits per heavy atom. The summed E-state index contributed by atoms with van der Waals surface area (Å²) in [5.74, 6) is -1.45. The first-order chi connectivity index (χ1) is 24.8. The minimum atomic E-state index is -0.961. The predicted octanol–water partition coefficient (Wildman–Crippen LogP) is 4.94. The SMILES string of the molecule is CC(C)c1ccccc1N1CCN(C(=O)[C@H](Cc2ccc3ccccc3c2)NC(=O)[C@@H]2C[C@@H](O)CN2C(=O)C2C(=O)[C@@]3(C)CC4(C)C[C@H]2C43C)CC1. The number of carbonyl (C=O) groups excluding carboxylic acids is 4. The van der Waals surface area contributed by atoms with Crippen LogP contribution >= 0.6 is 0 Å². The Balaban J connectivity index is 1.02. The fraction of sp³-hybridized carbons (Fsp3) is 0.535. The Bertz CT molecular complexity index is 1950. The van der Waals surface area contributed by atoms with E-state index in [0.29, 0.717) is 32.1 Å². The predicted molar refractivity (Wildman–Crippen MR) is 201 cm³/mol. The normalized spacial score (nSPS) is 32.8. The van der Waals surface area contributed by atoms with E-state index in [2.05, 4.69) is 68.2 Å². The first-order valence-electron chi connectivity index (χ1n) is 19.2. The van der Waals surface area contributed by atoms with Crippen LogP contribution in [0.1, 0.15) is 70.9 Å². The average molecular weight is 705 g/mol. The molecule has 2 saturated heterocycles. The number of Topliss-reactive ketones (excluding diaryl/α,β-unsaturated/α-hetero) is 1. The average Bonchev–Trinajstić information content (AvgIpc) is 3.55. The lowest BCUT2D eigenvalue weighted by Crippen LogP contribution is -2.70. The Hall–Kier alpha value is -4.24. The molecule has 3 amide bonds. The maximum atomic E-state index is 14.4. The van der Waals surface area contributed by atoms with Crippen molar-refractivity contribution in [2.75, 3.05) is 37.6 Å². The quantitative estimate of drug-likeness (QED) is 0.322. The van der Waals surface area contributed by atoms with Crippen LogP contribution in [0.15, 0.2) is 66.7 Å². The smallest absolute Gasteiger partial charge is 0.245 e. The zero-order valence-electron chi connectivity index (χ0n) is 31.1. The number of fused-ring (bicyclic) bond motifs is 1. The molecule has 2 heterocycles. The lowest BCUT2D eigenvalue weighted by Gasteiger charge is -2.74. The first kappa shape index (κ1) is 34.8. The van der Waals surface area contributed by atoms with Gasteiger partial charge in [0.2, 0.25) is 17.7 Å². The second kappa shape index (κ2) is 12.4. The summed E-state index contributed by atoms with van der Waals surface area (Å²) in [7, 11) is 0. The molecule has 3 aromatic carbocycles. The van der Waals surface area contributed by atoms with Crippen molar-refractivity contribution >= 4 is 40.0 Å². The molecule has 8 atom stereocenters. The fourth-order valence-electron chi connectivity index (χ4n) is 11.2. The van der Waals surface area contributed by atoms with Crippen molar-refractivity contribution in [2.45, 2.75) is 84.4 Å². The second-order valence-electron chi connectivity index (χ2n) is 17.3. The van der Waals surface area contributed by atoms with Gasteiger partial charge in [0.05, 0.1) is 6.10 Å². The zero-order chi connectivity index (χ0) is 36.7. The van der Waals surface area contributed by atoms with Crippen molar-refractivity contribution in [3.63, 3.8) is 0 Å². The van der Waals surface area contributed by atoms with Crippen LogP contribution in [0.2, 0.25) is 0 Å². The van der Waals surface area contributed by atoms with Crippen molar-refractivity contribution in [2.24, 2.45) is 28.1 Å². The second-order valence-corrected chi connectivity index (χ2v) is 17.3. The van der Waals surface area contributed by atoms with Crippen molar-refractivity contribution in [1.29, 1.82) is 0 Å². The van der Waals surface area contributed by atoms with Crippen LogP contribution in [0.4, 0.5) is 5.69 Å². The highest BCUT2D eigenvalue weighted by molar-refractivity contribution is 6.09. The van der Waals surface area contributed by atoms with Gasteiger partial charge in [0.1, 0.15) is 18.0 Å². The van der Waals surface area contributed by atoms with Crippen LogP contribution in [0.5, 0.6) is 0 Å². The maximum absolute atomic E-state index is 14.4. The van der Waals surface area contributed by atoms with Crippen molar-refractivity contribution in [3.8, 4) is 0 Å². The lowest BCUT2D eigenvalue weighted by molar-refractivity contribution is -0.270.